The van der Waals surface area contributed by atoms with E-state index < -0.39 is 12.0 Å². The summed E-state index contributed by atoms with van der Waals surface area (Å²) in [6.07, 6.45) is 3.32. The lowest BCUT2D eigenvalue weighted by molar-refractivity contribution is -0.140. The standard InChI is InChI=1S/C12H26N2O2/c1-5-7-8-14(10(3)6-2)9-11(13-4)12(15)16/h10-11,13H,5-9H2,1-4H3,(H,15,16). The molecular formula is C12H26N2O2. The minimum absolute atomic E-state index is 0.446. The topological polar surface area (TPSA) is 52.6 Å². The summed E-state index contributed by atoms with van der Waals surface area (Å²) >= 11 is 0. The van der Waals surface area contributed by atoms with Crippen LogP contribution in [0, 0.1) is 0 Å². The van der Waals surface area contributed by atoms with E-state index in [-0.39, 0.29) is 0 Å². The van der Waals surface area contributed by atoms with Gasteiger partial charge < -0.3 is 10.4 Å². The van der Waals surface area contributed by atoms with Crippen LogP contribution >= 0.6 is 0 Å². The van der Waals surface area contributed by atoms with Gasteiger partial charge in [0.25, 0.3) is 0 Å². The third-order valence-corrected chi connectivity index (χ3v) is 3.08. The summed E-state index contributed by atoms with van der Waals surface area (Å²) in [6, 6.07) is -0.0207. The van der Waals surface area contributed by atoms with E-state index in [0.717, 1.165) is 25.8 Å². The van der Waals surface area contributed by atoms with Crippen molar-refractivity contribution in [1.82, 2.24) is 10.2 Å². The first-order valence-electron chi connectivity index (χ1n) is 6.20. The SMILES string of the molecule is CCCCN(CC(NC)C(=O)O)C(C)CC. The van der Waals surface area contributed by atoms with Crippen molar-refractivity contribution in [3.05, 3.63) is 0 Å². The number of carboxylic acids is 1. The smallest absolute Gasteiger partial charge is 0.322 e. The lowest BCUT2D eigenvalue weighted by Crippen LogP contribution is -2.47. The van der Waals surface area contributed by atoms with Gasteiger partial charge in [-0.1, -0.05) is 20.3 Å². The first kappa shape index (κ1) is 15.4. The monoisotopic (exact) mass is 230 g/mol. The van der Waals surface area contributed by atoms with Crippen LogP contribution in [0.5, 0.6) is 0 Å². The highest BCUT2D eigenvalue weighted by atomic mass is 16.4. The largest absolute Gasteiger partial charge is 0.480 e. The molecule has 2 unspecified atom stereocenters. The minimum Gasteiger partial charge on any atom is -0.480 e. The molecule has 96 valence electrons. The summed E-state index contributed by atoms with van der Waals surface area (Å²) in [4.78, 5) is 13.2. The molecule has 0 aliphatic carbocycles. The van der Waals surface area contributed by atoms with Gasteiger partial charge in [0.1, 0.15) is 6.04 Å². The summed E-state index contributed by atoms with van der Waals surface area (Å²) in [5.41, 5.74) is 0. The molecule has 4 heteroatoms. The molecule has 0 spiro atoms. The fourth-order valence-corrected chi connectivity index (χ4v) is 1.64. The lowest BCUT2D eigenvalue weighted by atomic mass is 10.1. The van der Waals surface area contributed by atoms with Crippen molar-refractivity contribution in [2.45, 2.75) is 52.1 Å². The Balaban J connectivity index is 4.32. The molecule has 0 radical (unpaired) electrons. The highest BCUT2D eigenvalue weighted by Crippen LogP contribution is 2.07. The second-order valence-corrected chi connectivity index (χ2v) is 4.29. The van der Waals surface area contributed by atoms with Crippen molar-refractivity contribution in [2.24, 2.45) is 0 Å². The molecule has 0 fully saturated rings. The quantitative estimate of drug-likeness (QED) is 0.631. The Labute approximate surface area is 99.0 Å². The molecule has 0 aliphatic heterocycles. The molecule has 0 bridgehead atoms. The van der Waals surface area contributed by atoms with Gasteiger partial charge in [-0.2, -0.15) is 0 Å². The Kier molecular flexibility index (Phi) is 8.21. The van der Waals surface area contributed by atoms with Crippen LogP contribution in [0.15, 0.2) is 0 Å². The molecule has 0 saturated heterocycles. The molecular weight excluding hydrogens is 204 g/mol. The van der Waals surface area contributed by atoms with Crippen LogP contribution in [0.4, 0.5) is 0 Å². The highest BCUT2D eigenvalue weighted by Gasteiger charge is 2.21. The predicted molar refractivity (Wildman–Crippen MR) is 66.7 cm³/mol. The van der Waals surface area contributed by atoms with E-state index in [9.17, 15) is 4.79 Å². The molecule has 0 aromatic carbocycles. The van der Waals surface area contributed by atoms with Gasteiger partial charge in [-0.15, -0.1) is 0 Å². The number of hydrogen-bond donors (Lipinski definition) is 2. The Morgan fingerprint density at radius 1 is 1.44 bits per heavy atom. The maximum atomic E-state index is 11.0. The Morgan fingerprint density at radius 3 is 2.44 bits per heavy atom. The lowest BCUT2D eigenvalue weighted by Gasteiger charge is -2.30. The zero-order chi connectivity index (χ0) is 12.6. The van der Waals surface area contributed by atoms with Gasteiger partial charge in [0.05, 0.1) is 0 Å². The van der Waals surface area contributed by atoms with E-state index in [1.807, 2.05) is 0 Å². The number of nitrogens with one attached hydrogen (secondary N) is 1. The number of likely N-dealkylation sites (N-methyl/N-ethyl adjacent to an activating group) is 1. The van der Waals surface area contributed by atoms with Gasteiger partial charge in [0, 0.05) is 12.6 Å². The third-order valence-electron chi connectivity index (χ3n) is 3.08. The average Bonchev–Trinajstić information content (AvgIpc) is 2.28. The van der Waals surface area contributed by atoms with Crippen LogP contribution in [-0.2, 0) is 4.79 Å². The Bertz CT molecular complexity index is 197. The van der Waals surface area contributed by atoms with E-state index in [2.05, 4.69) is 31.0 Å². The maximum absolute atomic E-state index is 11.0. The molecule has 0 aliphatic rings. The van der Waals surface area contributed by atoms with Crippen LogP contribution < -0.4 is 5.32 Å². The number of hydrogen-bond acceptors (Lipinski definition) is 3. The molecule has 0 heterocycles. The van der Waals surface area contributed by atoms with Crippen LogP contribution in [0.2, 0.25) is 0 Å². The maximum Gasteiger partial charge on any atom is 0.322 e. The second kappa shape index (κ2) is 8.53. The average molecular weight is 230 g/mol. The molecule has 0 aromatic rings. The fraction of sp³-hybridized carbons (Fsp3) is 0.917. The van der Waals surface area contributed by atoms with Crippen LogP contribution in [0.3, 0.4) is 0 Å². The molecule has 0 saturated carbocycles. The van der Waals surface area contributed by atoms with Crippen molar-refractivity contribution >= 4 is 5.97 Å². The summed E-state index contributed by atoms with van der Waals surface area (Å²) in [5.74, 6) is -0.771. The van der Waals surface area contributed by atoms with Crippen LogP contribution in [-0.4, -0.2) is 48.2 Å². The first-order chi connectivity index (χ1) is 7.56. The van der Waals surface area contributed by atoms with Gasteiger partial charge in [0.15, 0.2) is 0 Å². The van der Waals surface area contributed by atoms with Crippen molar-refractivity contribution in [1.29, 1.82) is 0 Å². The van der Waals surface area contributed by atoms with Gasteiger partial charge in [0.2, 0.25) is 0 Å². The zero-order valence-corrected chi connectivity index (χ0v) is 11.0. The number of carboxylic acid groups (broad SMARTS) is 1. The number of carbonyl (C=O) groups is 1. The van der Waals surface area contributed by atoms with Crippen molar-refractivity contribution in [3.63, 3.8) is 0 Å². The van der Waals surface area contributed by atoms with Gasteiger partial charge in [-0.3, -0.25) is 9.69 Å². The molecule has 2 N–H and O–H groups in total. The normalized spacial score (nSPS) is 15.1. The van der Waals surface area contributed by atoms with Crippen molar-refractivity contribution in [2.75, 3.05) is 20.1 Å². The first-order valence-corrected chi connectivity index (χ1v) is 6.20. The number of unbranched alkanes of at least 4 members (excludes halogenated alkanes) is 1. The third kappa shape index (κ3) is 5.47. The van der Waals surface area contributed by atoms with Gasteiger partial charge in [-0.05, 0) is 33.4 Å². The highest BCUT2D eigenvalue weighted by molar-refractivity contribution is 5.73. The van der Waals surface area contributed by atoms with Crippen LogP contribution in [0.25, 0.3) is 0 Å². The Hall–Kier alpha value is -0.610. The summed E-state index contributed by atoms with van der Waals surface area (Å²) in [5, 5.41) is 11.9. The van der Waals surface area contributed by atoms with Gasteiger partial charge >= 0.3 is 5.97 Å². The van der Waals surface area contributed by atoms with E-state index >= 15 is 0 Å². The summed E-state index contributed by atoms with van der Waals surface area (Å²) in [7, 11) is 1.70. The zero-order valence-electron chi connectivity index (χ0n) is 11.0. The van der Waals surface area contributed by atoms with Crippen molar-refractivity contribution in [3.8, 4) is 0 Å². The molecule has 2 atom stereocenters. The number of nitrogens with zero attached hydrogens (tertiary/aromatic N) is 1. The van der Waals surface area contributed by atoms with E-state index in [4.69, 9.17) is 5.11 Å². The predicted octanol–water partition coefficient (Wildman–Crippen LogP) is 1.56. The van der Waals surface area contributed by atoms with Gasteiger partial charge in [-0.25, -0.2) is 0 Å². The molecule has 0 rings (SSSR count). The fourth-order valence-electron chi connectivity index (χ4n) is 1.64. The number of aliphatic carboxylic acids is 1. The Morgan fingerprint density at radius 2 is 2.06 bits per heavy atom. The minimum atomic E-state index is -0.771. The van der Waals surface area contributed by atoms with Crippen molar-refractivity contribution < 1.29 is 9.90 Å². The van der Waals surface area contributed by atoms with Crippen LogP contribution in [0.1, 0.15) is 40.0 Å². The van der Waals surface area contributed by atoms with E-state index in [1.165, 1.54) is 0 Å². The molecule has 4 nitrogen and oxygen atoms in total. The number of rotatable bonds is 9. The molecule has 16 heavy (non-hydrogen) atoms. The molecule has 0 aromatic heterocycles. The summed E-state index contributed by atoms with van der Waals surface area (Å²) in [6.45, 7) is 8.02. The summed E-state index contributed by atoms with van der Waals surface area (Å²) < 4.78 is 0. The van der Waals surface area contributed by atoms with E-state index in [1.54, 1.807) is 7.05 Å². The van der Waals surface area contributed by atoms with E-state index in [0.29, 0.717) is 12.6 Å². The second-order valence-electron chi connectivity index (χ2n) is 4.29. The molecule has 0 amide bonds.